The van der Waals surface area contributed by atoms with Gasteiger partial charge in [-0.05, 0) is 12.8 Å². The van der Waals surface area contributed by atoms with Gasteiger partial charge in [0.25, 0.3) is 0 Å². The Morgan fingerprint density at radius 1 is 1.03 bits per heavy atom. The molecule has 1 aliphatic heterocycles. The second-order valence-electron chi connectivity index (χ2n) is 8.33. The molecule has 0 spiro atoms. The number of halogens is 7. The van der Waals surface area contributed by atoms with Crippen LogP contribution in [0.4, 0.5) is 30.7 Å². The van der Waals surface area contributed by atoms with E-state index in [1.807, 2.05) is 0 Å². The standard InChI is InChI=1S/C18H20F7N7/c19-15(20)3-1-9(5-15)17(11-7-27-8-12(29-11)18(23,24)25)31-13(26)30-14(32-17)28-10-2-4-16(21,22)6-10/h7-10H,1-6H2,(H4,26,28,30,31,32). The van der Waals surface area contributed by atoms with Crippen LogP contribution >= 0.6 is 0 Å². The number of alkyl halides is 7. The summed E-state index contributed by atoms with van der Waals surface area (Å²) >= 11 is 0. The number of rotatable bonds is 3. The molecule has 0 bridgehead atoms. The maximum absolute atomic E-state index is 14.1. The van der Waals surface area contributed by atoms with Crippen molar-refractivity contribution >= 4 is 11.9 Å². The van der Waals surface area contributed by atoms with Crippen LogP contribution in [0, 0.1) is 5.92 Å². The van der Waals surface area contributed by atoms with Crippen molar-refractivity contribution in [2.45, 2.75) is 68.3 Å². The highest BCUT2D eigenvalue weighted by Gasteiger charge is 2.54. The van der Waals surface area contributed by atoms with Gasteiger partial charge in [0.2, 0.25) is 17.8 Å². The minimum absolute atomic E-state index is 0.0781. The van der Waals surface area contributed by atoms with Crippen LogP contribution in [-0.4, -0.2) is 39.8 Å². The third kappa shape index (κ3) is 4.44. The van der Waals surface area contributed by atoms with Gasteiger partial charge in [0.1, 0.15) is 5.69 Å². The van der Waals surface area contributed by atoms with Crippen molar-refractivity contribution < 1.29 is 30.7 Å². The maximum Gasteiger partial charge on any atom is 0.434 e. The lowest BCUT2D eigenvalue weighted by Crippen LogP contribution is -2.62. The van der Waals surface area contributed by atoms with E-state index in [4.69, 9.17) is 5.73 Å². The van der Waals surface area contributed by atoms with Gasteiger partial charge in [-0.1, -0.05) is 0 Å². The predicted molar refractivity (Wildman–Crippen MR) is 98.9 cm³/mol. The van der Waals surface area contributed by atoms with Crippen LogP contribution in [0.3, 0.4) is 0 Å². The van der Waals surface area contributed by atoms with E-state index in [0.717, 1.165) is 6.20 Å². The first-order valence-corrected chi connectivity index (χ1v) is 9.92. The number of hydrogen-bond donors (Lipinski definition) is 3. The van der Waals surface area contributed by atoms with Gasteiger partial charge in [0.15, 0.2) is 17.3 Å². The average Bonchev–Trinajstić information content (AvgIpc) is 3.21. The molecule has 2 saturated carbocycles. The molecule has 2 heterocycles. The summed E-state index contributed by atoms with van der Waals surface area (Å²) in [6.45, 7) is 0. The molecule has 176 valence electrons. The quantitative estimate of drug-likeness (QED) is 0.594. The molecular formula is C18H20F7N7. The predicted octanol–water partition coefficient (Wildman–Crippen LogP) is 3.13. The summed E-state index contributed by atoms with van der Waals surface area (Å²) in [5.74, 6) is -7.42. The van der Waals surface area contributed by atoms with E-state index < -0.39 is 60.6 Å². The lowest BCUT2D eigenvalue weighted by atomic mass is 9.87. The molecule has 0 amide bonds. The van der Waals surface area contributed by atoms with E-state index in [2.05, 4.69) is 30.6 Å². The molecule has 1 aromatic heterocycles. The van der Waals surface area contributed by atoms with Gasteiger partial charge in [-0.2, -0.15) is 13.2 Å². The molecule has 0 saturated heterocycles. The third-order valence-corrected chi connectivity index (χ3v) is 5.85. The fourth-order valence-electron chi connectivity index (χ4n) is 4.38. The van der Waals surface area contributed by atoms with Crippen molar-refractivity contribution in [3.63, 3.8) is 0 Å². The molecular weight excluding hydrogens is 447 g/mol. The van der Waals surface area contributed by atoms with Crippen molar-refractivity contribution in [1.82, 2.24) is 20.6 Å². The van der Waals surface area contributed by atoms with E-state index in [-0.39, 0.29) is 36.9 Å². The summed E-state index contributed by atoms with van der Waals surface area (Å²) in [4.78, 5) is 15.5. The Labute approximate surface area is 177 Å². The Kier molecular flexibility index (Phi) is 5.24. The number of hydrogen-bond acceptors (Lipinski definition) is 5. The fraction of sp³-hybridized carbons (Fsp3) is 0.667. The summed E-state index contributed by atoms with van der Waals surface area (Å²) in [6, 6.07) is -0.791. The molecule has 4 N–H and O–H groups in total. The Morgan fingerprint density at radius 2 is 1.72 bits per heavy atom. The number of aromatic nitrogens is 2. The highest BCUT2D eigenvalue weighted by atomic mass is 19.4. The first-order chi connectivity index (χ1) is 14.8. The van der Waals surface area contributed by atoms with E-state index in [9.17, 15) is 30.7 Å². The number of nitrogens with zero attached hydrogens (tertiary/aromatic N) is 4. The van der Waals surface area contributed by atoms with Crippen LogP contribution in [0.1, 0.15) is 49.9 Å². The van der Waals surface area contributed by atoms with Crippen molar-refractivity contribution in [1.29, 1.82) is 0 Å². The lowest BCUT2D eigenvalue weighted by Gasteiger charge is -2.40. The first-order valence-electron chi connectivity index (χ1n) is 9.92. The van der Waals surface area contributed by atoms with Gasteiger partial charge in [0, 0.05) is 31.6 Å². The van der Waals surface area contributed by atoms with E-state index in [1.165, 1.54) is 0 Å². The highest BCUT2D eigenvalue weighted by Crippen LogP contribution is 2.48. The van der Waals surface area contributed by atoms with Gasteiger partial charge in [-0.3, -0.25) is 10.3 Å². The minimum Gasteiger partial charge on any atom is -0.370 e. The first kappa shape index (κ1) is 22.5. The smallest absolute Gasteiger partial charge is 0.370 e. The molecule has 2 fully saturated rings. The summed E-state index contributed by atoms with van der Waals surface area (Å²) in [5.41, 5.74) is 2.21. The van der Waals surface area contributed by atoms with Crippen LogP contribution in [0.2, 0.25) is 0 Å². The highest BCUT2D eigenvalue weighted by molar-refractivity contribution is 6.00. The zero-order chi connectivity index (χ0) is 23.4. The molecule has 14 heteroatoms. The van der Waals surface area contributed by atoms with Gasteiger partial charge >= 0.3 is 6.18 Å². The molecule has 0 radical (unpaired) electrons. The second kappa shape index (κ2) is 7.44. The molecule has 3 unspecified atom stereocenters. The van der Waals surface area contributed by atoms with Crippen LogP contribution < -0.4 is 16.4 Å². The number of guanidine groups is 2. The number of aliphatic imine (C=N–C) groups is 2. The summed E-state index contributed by atoms with van der Waals surface area (Å²) < 4.78 is 95.0. The zero-order valence-corrected chi connectivity index (χ0v) is 16.6. The van der Waals surface area contributed by atoms with Gasteiger partial charge in [0.05, 0.1) is 18.4 Å². The second-order valence-corrected chi connectivity index (χ2v) is 8.33. The lowest BCUT2D eigenvalue weighted by molar-refractivity contribution is -0.141. The molecule has 3 aliphatic rings. The Balaban J connectivity index is 1.77. The molecule has 7 nitrogen and oxygen atoms in total. The fourth-order valence-corrected chi connectivity index (χ4v) is 4.38. The summed E-state index contributed by atoms with van der Waals surface area (Å²) in [6.07, 6.45) is -5.43. The van der Waals surface area contributed by atoms with E-state index in [0.29, 0.717) is 6.20 Å². The molecule has 4 rings (SSSR count). The minimum atomic E-state index is -4.83. The Morgan fingerprint density at radius 3 is 2.31 bits per heavy atom. The van der Waals surface area contributed by atoms with Crippen molar-refractivity contribution in [3.8, 4) is 0 Å². The van der Waals surface area contributed by atoms with Crippen LogP contribution in [-0.2, 0) is 11.8 Å². The van der Waals surface area contributed by atoms with Crippen LogP contribution in [0.5, 0.6) is 0 Å². The van der Waals surface area contributed by atoms with Crippen molar-refractivity contribution in [3.05, 3.63) is 23.8 Å². The van der Waals surface area contributed by atoms with Crippen molar-refractivity contribution in [2.75, 3.05) is 0 Å². The summed E-state index contributed by atoms with van der Waals surface area (Å²) in [7, 11) is 0. The van der Waals surface area contributed by atoms with Gasteiger partial charge in [-0.25, -0.2) is 32.5 Å². The van der Waals surface area contributed by atoms with E-state index in [1.54, 1.807) is 0 Å². The molecule has 32 heavy (non-hydrogen) atoms. The normalized spacial score (nSPS) is 33.0. The Hall–Kier alpha value is -2.67. The number of nitrogens with two attached hydrogens (primary N) is 1. The Bertz CT molecular complexity index is 946. The van der Waals surface area contributed by atoms with Crippen molar-refractivity contribution in [2.24, 2.45) is 21.6 Å². The SMILES string of the molecule is NC1=NC(c2cncc(C(F)(F)F)n2)(C2CCC(F)(F)C2)NC(=NC2CCC(F)(F)C2)N1. The third-order valence-electron chi connectivity index (χ3n) is 5.85. The molecule has 0 aromatic carbocycles. The van der Waals surface area contributed by atoms with E-state index >= 15 is 0 Å². The monoisotopic (exact) mass is 467 g/mol. The largest absolute Gasteiger partial charge is 0.434 e. The maximum atomic E-state index is 14.1. The number of nitrogens with one attached hydrogen (secondary N) is 2. The molecule has 3 atom stereocenters. The topological polar surface area (TPSA) is 101 Å². The van der Waals surface area contributed by atoms with Gasteiger partial charge < -0.3 is 11.1 Å². The van der Waals surface area contributed by atoms with Crippen LogP contribution in [0.15, 0.2) is 22.4 Å². The molecule has 2 aliphatic carbocycles. The van der Waals surface area contributed by atoms with Crippen LogP contribution in [0.25, 0.3) is 0 Å². The molecule has 1 aromatic rings. The zero-order valence-electron chi connectivity index (χ0n) is 16.6. The average molecular weight is 467 g/mol. The summed E-state index contributed by atoms with van der Waals surface area (Å²) in [5, 5.41) is 5.30. The van der Waals surface area contributed by atoms with Gasteiger partial charge in [-0.15, -0.1) is 0 Å².